The summed E-state index contributed by atoms with van der Waals surface area (Å²) in [7, 11) is 0. The van der Waals surface area contributed by atoms with Crippen molar-refractivity contribution in [2.24, 2.45) is 11.8 Å². The Balaban J connectivity index is 1.35. The largest absolute Gasteiger partial charge is 0.494 e. The molecule has 116 valence electrons. The molecule has 0 amide bonds. The molecule has 1 aromatic rings. The van der Waals surface area contributed by atoms with E-state index in [1.165, 1.54) is 51.7 Å². The van der Waals surface area contributed by atoms with Gasteiger partial charge in [0.05, 0.1) is 6.61 Å². The Labute approximate surface area is 128 Å². The molecular formula is C18H28N2O. The van der Waals surface area contributed by atoms with Crippen molar-refractivity contribution in [3.8, 4) is 5.75 Å². The van der Waals surface area contributed by atoms with Crippen LogP contribution in [0.4, 0.5) is 5.69 Å². The van der Waals surface area contributed by atoms with E-state index in [0.717, 1.165) is 36.3 Å². The number of hydrogen-bond acceptors (Lipinski definition) is 3. The molecule has 0 bridgehead atoms. The molecule has 2 unspecified atom stereocenters. The van der Waals surface area contributed by atoms with Gasteiger partial charge in [0, 0.05) is 18.8 Å². The van der Waals surface area contributed by atoms with Gasteiger partial charge in [0.2, 0.25) is 0 Å². The van der Waals surface area contributed by atoms with Crippen LogP contribution in [-0.4, -0.2) is 31.1 Å². The first-order valence-electron chi connectivity index (χ1n) is 8.52. The predicted octanol–water partition coefficient (Wildman–Crippen LogP) is 3.55. The van der Waals surface area contributed by atoms with Crippen molar-refractivity contribution in [3.63, 3.8) is 0 Å². The first-order valence-corrected chi connectivity index (χ1v) is 8.52. The summed E-state index contributed by atoms with van der Waals surface area (Å²) < 4.78 is 5.78. The number of anilines is 1. The maximum atomic E-state index is 5.78. The third-order valence-corrected chi connectivity index (χ3v) is 5.14. The average Bonchev–Trinajstić information content (AvgIpc) is 2.53. The number of ether oxygens (including phenoxy) is 1. The van der Waals surface area contributed by atoms with Crippen LogP contribution in [0.15, 0.2) is 24.3 Å². The SMILES string of the molecule is Nc1ccc(OCCCN2CCC3CCCCC3C2)cc1. The number of nitrogens with two attached hydrogens (primary N) is 1. The number of nitrogens with zero attached hydrogens (tertiary/aromatic N) is 1. The summed E-state index contributed by atoms with van der Waals surface area (Å²) in [4.78, 5) is 2.65. The number of hydrogen-bond donors (Lipinski definition) is 1. The van der Waals surface area contributed by atoms with E-state index in [1.54, 1.807) is 0 Å². The third-order valence-electron chi connectivity index (χ3n) is 5.14. The van der Waals surface area contributed by atoms with Gasteiger partial charge in [-0.25, -0.2) is 0 Å². The fourth-order valence-electron chi connectivity index (χ4n) is 3.92. The molecule has 1 saturated heterocycles. The molecule has 1 aromatic carbocycles. The Kier molecular flexibility index (Phi) is 5.02. The van der Waals surface area contributed by atoms with Gasteiger partial charge in [-0.3, -0.25) is 0 Å². The number of benzene rings is 1. The lowest BCUT2D eigenvalue weighted by Crippen LogP contribution is -2.42. The molecule has 2 N–H and O–H groups in total. The van der Waals surface area contributed by atoms with Gasteiger partial charge < -0.3 is 15.4 Å². The highest BCUT2D eigenvalue weighted by atomic mass is 16.5. The van der Waals surface area contributed by atoms with Crippen LogP contribution in [-0.2, 0) is 0 Å². The maximum absolute atomic E-state index is 5.78. The zero-order valence-electron chi connectivity index (χ0n) is 13.0. The highest BCUT2D eigenvalue weighted by molar-refractivity contribution is 5.41. The summed E-state index contributed by atoms with van der Waals surface area (Å²) in [6.45, 7) is 4.60. The fourth-order valence-corrected chi connectivity index (χ4v) is 3.92. The smallest absolute Gasteiger partial charge is 0.119 e. The number of piperidine rings is 1. The van der Waals surface area contributed by atoms with Crippen molar-refractivity contribution in [1.82, 2.24) is 4.90 Å². The lowest BCUT2D eigenvalue weighted by atomic mass is 9.75. The standard InChI is InChI=1S/C18H28N2O/c19-17-6-8-18(9-7-17)21-13-3-11-20-12-10-15-4-1-2-5-16(15)14-20/h6-9,15-16H,1-5,10-14,19H2. The Hall–Kier alpha value is -1.22. The van der Waals surface area contributed by atoms with E-state index in [4.69, 9.17) is 10.5 Å². The molecule has 3 heteroatoms. The highest BCUT2D eigenvalue weighted by Crippen LogP contribution is 2.35. The van der Waals surface area contributed by atoms with Crippen LogP contribution in [0.3, 0.4) is 0 Å². The van der Waals surface area contributed by atoms with Gasteiger partial charge in [-0.15, -0.1) is 0 Å². The van der Waals surface area contributed by atoms with E-state index >= 15 is 0 Å². The van der Waals surface area contributed by atoms with Crippen molar-refractivity contribution >= 4 is 5.69 Å². The van der Waals surface area contributed by atoms with Crippen molar-refractivity contribution in [2.75, 3.05) is 32.0 Å². The molecule has 0 spiro atoms. The first-order chi connectivity index (χ1) is 10.3. The second-order valence-corrected chi connectivity index (χ2v) is 6.66. The van der Waals surface area contributed by atoms with Crippen molar-refractivity contribution < 1.29 is 4.74 Å². The predicted molar refractivity (Wildman–Crippen MR) is 87.5 cm³/mol. The second kappa shape index (κ2) is 7.17. The highest BCUT2D eigenvalue weighted by Gasteiger charge is 2.30. The topological polar surface area (TPSA) is 38.5 Å². The molecule has 0 aromatic heterocycles. The number of rotatable bonds is 5. The van der Waals surface area contributed by atoms with Crippen molar-refractivity contribution in [1.29, 1.82) is 0 Å². The summed E-state index contributed by atoms with van der Waals surface area (Å²) in [5.41, 5.74) is 6.46. The van der Waals surface area contributed by atoms with Crippen LogP contribution in [0, 0.1) is 11.8 Å². The second-order valence-electron chi connectivity index (χ2n) is 6.66. The molecule has 2 aliphatic rings. The van der Waals surface area contributed by atoms with Gasteiger partial charge in [0.15, 0.2) is 0 Å². The van der Waals surface area contributed by atoms with Crippen LogP contribution in [0.1, 0.15) is 38.5 Å². The molecular weight excluding hydrogens is 260 g/mol. The monoisotopic (exact) mass is 288 g/mol. The minimum atomic E-state index is 0.790. The zero-order chi connectivity index (χ0) is 14.5. The van der Waals surface area contributed by atoms with E-state index in [9.17, 15) is 0 Å². The molecule has 3 rings (SSSR count). The Morgan fingerprint density at radius 2 is 1.81 bits per heavy atom. The molecule has 21 heavy (non-hydrogen) atoms. The van der Waals surface area contributed by atoms with Crippen LogP contribution in [0.25, 0.3) is 0 Å². The summed E-state index contributed by atoms with van der Waals surface area (Å²) >= 11 is 0. The number of likely N-dealkylation sites (tertiary alicyclic amines) is 1. The van der Waals surface area contributed by atoms with Crippen LogP contribution in [0.2, 0.25) is 0 Å². The normalized spacial score (nSPS) is 26.3. The fraction of sp³-hybridized carbons (Fsp3) is 0.667. The molecule has 1 heterocycles. The van der Waals surface area contributed by atoms with Gasteiger partial charge >= 0.3 is 0 Å². The van der Waals surface area contributed by atoms with Crippen molar-refractivity contribution in [2.45, 2.75) is 38.5 Å². The number of nitrogen functional groups attached to an aromatic ring is 1. The van der Waals surface area contributed by atoms with Gasteiger partial charge in [0.25, 0.3) is 0 Å². The lowest BCUT2D eigenvalue weighted by molar-refractivity contribution is 0.0830. The van der Waals surface area contributed by atoms with Gasteiger partial charge in [0.1, 0.15) is 5.75 Å². The molecule has 0 radical (unpaired) electrons. The van der Waals surface area contributed by atoms with Crippen LogP contribution in [0.5, 0.6) is 5.75 Å². The third kappa shape index (κ3) is 4.13. The Morgan fingerprint density at radius 1 is 1.05 bits per heavy atom. The minimum Gasteiger partial charge on any atom is -0.494 e. The van der Waals surface area contributed by atoms with E-state index < -0.39 is 0 Å². The summed E-state index contributed by atoms with van der Waals surface area (Å²) in [5.74, 6) is 2.93. The van der Waals surface area contributed by atoms with Crippen molar-refractivity contribution in [3.05, 3.63) is 24.3 Å². The van der Waals surface area contributed by atoms with E-state index in [-0.39, 0.29) is 0 Å². The summed E-state index contributed by atoms with van der Waals surface area (Å²) in [6.07, 6.45) is 8.40. The summed E-state index contributed by atoms with van der Waals surface area (Å²) in [6, 6.07) is 7.68. The molecule has 1 aliphatic carbocycles. The lowest BCUT2D eigenvalue weighted by Gasteiger charge is -2.41. The molecule has 1 aliphatic heterocycles. The van der Waals surface area contributed by atoms with Gasteiger partial charge in [-0.05, 0) is 61.9 Å². The van der Waals surface area contributed by atoms with Gasteiger partial charge in [-0.1, -0.05) is 19.3 Å². The molecule has 3 nitrogen and oxygen atoms in total. The Bertz CT molecular complexity index is 431. The molecule has 2 fully saturated rings. The minimum absolute atomic E-state index is 0.790. The summed E-state index contributed by atoms with van der Waals surface area (Å²) in [5, 5.41) is 0. The van der Waals surface area contributed by atoms with E-state index in [2.05, 4.69) is 4.90 Å². The van der Waals surface area contributed by atoms with Crippen LogP contribution < -0.4 is 10.5 Å². The van der Waals surface area contributed by atoms with Crippen LogP contribution >= 0.6 is 0 Å². The van der Waals surface area contributed by atoms with Gasteiger partial charge in [-0.2, -0.15) is 0 Å². The van der Waals surface area contributed by atoms with E-state index in [1.807, 2.05) is 24.3 Å². The quantitative estimate of drug-likeness (QED) is 0.665. The maximum Gasteiger partial charge on any atom is 0.119 e. The zero-order valence-corrected chi connectivity index (χ0v) is 13.0. The van der Waals surface area contributed by atoms with E-state index in [0.29, 0.717) is 0 Å². The molecule has 1 saturated carbocycles. The molecule has 2 atom stereocenters. The average molecular weight is 288 g/mol. The first kappa shape index (κ1) is 14.7. The Morgan fingerprint density at radius 3 is 2.62 bits per heavy atom. The number of fused-ring (bicyclic) bond motifs is 1.